The number of nitrogens with zero attached hydrogens (tertiary/aromatic N) is 2. The average Bonchev–Trinajstić information content (AvgIpc) is 2.44. The van der Waals surface area contributed by atoms with E-state index in [4.69, 9.17) is 5.73 Å². The molecule has 0 bridgehead atoms. The van der Waals surface area contributed by atoms with Crippen LogP contribution in [0, 0.1) is 5.92 Å². The first-order chi connectivity index (χ1) is 7.02. The summed E-state index contributed by atoms with van der Waals surface area (Å²) in [6.07, 6.45) is 5.12. The molecule has 3 heteroatoms. The highest BCUT2D eigenvalue weighted by molar-refractivity contribution is 5.18. The van der Waals surface area contributed by atoms with E-state index in [0.29, 0.717) is 5.92 Å². The number of rotatable bonds is 5. The average molecular weight is 209 g/mol. The highest BCUT2D eigenvalue weighted by atomic mass is 15.2. The number of aryl methyl sites for hydroxylation is 2. The quantitative estimate of drug-likeness (QED) is 0.805. The lowest BCUT2D eigenvalue weighted by Crippen LogP contribution is -2.24. The zero-order chi connectivity index (χ0) is 11.4. The fraction of sp³-hybridized carbons (Fsp3) is 0.750. The van der Waals surface area contributed by atoms with Crippen LogP contribution in [0.1, 0.15) is 38.4 Å². The lowest BCUT2D eigenvalue weighted by atomic mass is 9.98. The molecule has 0 saturated carbocycles. The maximum Gasteiger partial charge on any atom is 0.0654 e. The Labute approximate surface area is 92.7 Å². The molecule has 1 aromatic rings. The van der Waals surface area contributed by atoms with Gasteiger partial charge in [0.25, 0.3) is 0 Å². The van der Waals surface area contributed by atoms with Gasteiger partial charge in [0.15, 0.2) is 0 Å². The Hall–Kier alpha value is -0.830. The standard InChI is InChI=1S/C12H23N3/c1-5-12-10(8-15(4)14-12)7-11(13)6-9(2)3/h8-9,11H,5-7,13H2,1-4H3. The van der Waals surface area contributed by atoms with Gasteiger partial charge in [-0.05, 0) is 30.7 Å². The van der Waals surface area contributed by atoms with Crippen molar-refractivity contribution in [2.75, 3.05) is 0 Å². The molecule has 0 aliphatic heterocycles. The van der Waals surface area contributed by atoms with Gasteiger partial charge in [0.1, 0.15) is 0 Å². The van der Waals surface area contributed by atoms with Crippen molar-refractivity contribution in [3.8, 4) is 0 Å². The third-order valence-corrected chi connectivity index (χ3v) is 2.58. The molecule has 0 aromatic carbocycles. The molecule has 1 atom stereocenters. The van der Waals surface area contributed by atoms with Gasteiger partial charge in [0.2, 0.25) is 0 Å². The molecular weight excluding hydrogens is 186 g/mol. The fourth-order valence-corrected chi connectivity index (χ4v) is 2.02. The zero-order valence-electron chi connectivity index (χ0n) is 10.3. The summed E-state index contributed by atoms with van der Waals surface area (Å²) in [5.41, 5.74) is 8.61. The number of hydrogen-bond donors (Lipinski definition) is 1. The summed E-state index contributed by atoms with van der Waals surface area (Å²) in [5, 5.41) is 4.42. The molecule has 0 amide bonds. The van der Waals surface area contributed by atoms with Crippen LogP contribution < -0.4 is 5.73 Å². The van der Waals surface area contributed by atoms with Crippen molar-refractivity contribution >= 4 is 0 Å². The van der Waals surface area contributed by atoms with Gasteiger partial charge in [-0.1, -0.05) is 20.8 Å². The molecule has 0 spiro atoms. The van der Waals surface area contributed by atoms with Gasteiger partial charge in [-0.2, -0.15) is 5.10 Å². The monoisotopic (exact) mass is 209 g/mol. The Morgan fingerprint density at radius 2 is 2.13 bits per heavy atom. The number of aromatic nitrogens is 2. The normalized spacial score (nSPS) is 13.5. The van der Waals surface area contributed by atoms with Gasteiger partial charge in [0, 0.05) is 19.3 Å². The Balaban J connectivity index is 2.62. The van der Waals surface area contributed by atoms with Crippen molar-refractivity contribution in [1.82, 2.24) is 9.78 Å². The Morgan fingerprint density at radius 3 is 2.67 bits per heavy atom. The molecule has 0 aliphatic carbocycles. The molecule has 0 radical (unpaired) electrons. The lowest BCUT2D eigenvalue weighted by Gasteiger charge is -2.13. The van der Waals surface area contributed by atoms with E-state index in [2.05, 4.69) is 32.1 Å². The van der Waals surface area contributed by atoms with E-state index in [1.807, 2.05) is 11.7 Å². The van der Waals surface area contributed by atoms with Crippen LogP contribution in [-0.2, 0) is 19.9 Å². The summed E-state index contributed by atoms with van der Waals surface area (Å²) in [5.74, 6) is 0.668. The van der Waals surface area contributed by atoms with Gasteiger partial charge in [-0.25, -0.2) is 0 Å². The molecule has 3 nitrogen and oxygen atoms in total. The second-order valence-corrected chi connectivity index (χ2v) is 4.72. The van der Waals surface area contributed by atoms with Crippen LogP contribution >= 0.6 is 0 Å². The van der Waals surface area contributed by atoms with Crippen LogP contribution in [-0.4, -0.2) is 15.8 Å². The predicted molar refractivity (Wildman–Crippen MR) is 63.7 cm³/mol. The van der Waals surface area contributed by atoms with Crippen molar-refractivity contribution in [2.45, 2.75) is 46.1 Å². The van der Waals surface area contributed by atoms with E-state index in [-0.39, 0.29) is 6.04 Å². The maximum absolute atomic E-state index is 6.10. The van der Waals surface area contributed by atoms with E-state index in [9.17, 15) is 0 Å². The highest BCUT2D eigenvalue weighted by Crippen LogP contribution is 2.13. The maximum atomic E-state index is 6.10. The molecule has 0 fully saturated rings. The van der Waals surface area contributed by atoms with Crippen LogP contribution in [0.15, 0.2) is 6.20 Å². The van der Waals surface area contributed by atoms with E-state index < -0.39 is 0 Å². The molecule has 15 heavy (non-hydrogen) atoms. The first-order valence-electron chi connectivity index (χ1n) is 5.79. The molecule has 1 unspecified atom stereocenters. The van der Waals surface area contributed by atoms with E-state index >= 15 is 0 Å². The number of nitrogens with two attached hydrogens (primary N) is 1. The SMILES string of the molecule is CCc1nn(C)cc1CC(N)CC(C)C. The Morgan fingerprint density at radius 1 is 1.47 bits per heavy atom. The summed E-state index contributed by atoms with van der Waals surface area (Å²) < 4.78 is 1.89. The zero-order valence-corrected chi connectivity index (χ0v) is 10.3. The Kier molecular flexibility index (Phi) is 4.33. The molecule has 1 rings (SSSR count). The second-order valence-electron chi connectivity index (χ2n) is 4.72. The van der Waals surface area contributed by atoms with Gasteiger partial charge in [0.05, 0.1) is 5.69 Å². The third kappa shape index (κ3) is 3.67. The van der Waals surface area contributed by atoms with Crippen LogP contribution in [0.2, 0.25) is 0 Å². The van der Waals surface area contributed by atoms with Gasteiger partial charge in [-0.15, -0.1) is 0 Å². The summed E-state index contributed by atoms with van der Waals surface area (Å²) in [6, 6.07) is 0.263. The van der Waals surface area contributed by atoms with Gasteiger partial charge >= 0.3 is 0 Å². The molecular formula is C12H23N3. The minimum atomic E-state index is 0.263. The molecule has 1 aromatic heterocycles. The van der Waals surface area contributed by atoms with E-state index in [1.54, 1.807) is 0 Å². The summed E-state index contributed by atoms with van der Waals surface area (Å²) >= 11 is 0. The number of hydrogen-bond acceptors (Lipinski definition) is 2. The first-order valence-corrected chi connectivity index (χ1v) is 5.79. The summed E-state index contributed by atoms with van der Waals surface area (Å²) in [7, 11) is 1.97. The molecule has 0 aliphatic rings. The molecule has 0 saturated heterocycles. The first kappa shape index (κ1) is 12.2. The van der Waals surface area contributed by atoms with Gasteiger partial charge in [-0.3, -0.25) is 4.68 Å². The lowest BCUT2D eigenvalue weighted by molar-refractivity contribution is 0.492. The molecule has 1 heterocycles. The van der Waals surface area contributed by atoms with Gasteiger partial charge < -0.3 is 5.73 Å². The fourth-order valence-electron chi connectivity index (χ4n) is 2.02. The molecule has 2 N–H and O–H groups in total. The van der Waals surface area contributed by atoms with E-state index in [1.165, 1.54) is 11.3 Å². The smallest absolute Gasteiger partial charge is 0.0654 e. The second kappa shape index (κ2) is 5.31. The topological polar surface area (TPSA) is 43.8 Å². The minimum absolute atomic E-state index is 0.263. The minimum Gasteiger partial charge on any atom is -0.327 e. The van der Waals surface area contributed by atoms with Crippen LogP contribution in [0.5, 0.6) is 0 Å². The van der Waals surface area contributed by atoms with Crippen LogP contribution in [0.3, 0.4) is 0 Å². The Bertz CT molecular complexity index is 302. The van der Waals surface area contributed by atoms with Crippen molar-refractivity contribution in [1.29, 1.82) is 0 Å². The highest BCUT2D eigenvalue weighted by Gasteiger charge is 2.11. The van der Waals surface area contributed by atoms with E-state index in [0.717, 1.165) is 19.3 Å². The van der Waals surface area contributed by atoms with Crippen LogP contribution in [0.4, 0.5) is 0 Å². The van der Waals surface area contributed by atoms with Crippen molar-refractivity contribution in [3.05, 3.63) is 17.5 Å². The van der Waals surface area contributed by atoms with Crippen molar-refractivity contribution in [2.24, 2.45) is 18.7 Å². The molecule has 86 valence electrons. The van der Waals surface area contributed by atoms with Crippen LogP contribution in [0.25, 0.3) is 0 Å². The summed E-state index contributed by atoms with van der Waals surface area (Å²) in [4.78, 5) is 0. The van der Waals surface area contributed by atoms with Crippen molar-refractivity contribution < 1.29 is 0 Å². The predicted octanol–water partition coefficient (Wildman–Crippen LogP) is 1.90. The summed E-state index contributed by atoms with van der Waals surface area (Å²) in [6.45, 7) is 6.56. The third-order valence-electron chi connectivity index (χ3n) is 2.58. The van der Waals surface area contributed by atoms with Crippen molar-refractivity contribution in [3.63, 3.8) is 0 Å². The largest absolute Gasteiger partial charge is 0.327 e.